The number of urea groups is 1. The number of non-ortho nitro benzene ring substituents is 1. The van der Waals surface area contributed by atoms with Crippen molar-refractivity contribution in [2.45, 2.75) is 52.7 Å². The van der Waals surface area contributed by atoms with Crippen LogP contribution in [0.25, 0.3) is 0 Å². The molecule has 1 heterocycles. The summed E-state index contributed by atoms with van der Waals surface area (Å²) in [5.74, 6) is -1.10. The molecule has 0 aromatic heterocycles. The van der Waals surface area contributed by atoms with E-state index < -0.39 is 22.8 Å². The molecule has 10 nitrogen and oxygen atoms in total. The van der Waals surface area contributed by atoms with Crippen LogP contribution in [0.5, 0.6) is 0 Å². The number of esters is 1. The van der Waals surface area contributed by atoms with E-state index in [1.807, 2.05) is 6.92 Å². The van der Waals surface area contributed by atoms with Gasteiger partial charge < -0.3 is 15.4 Å². The summed E-state index contributed by atoms with van der Waals surface area (Å²) in [7, 11) is 0. The van der Waals surface area contributed by atoms with Crippen molar-refractivity contribution < 1.29 is 24.0 Å². The number of nitro groups is 1. The van der Waals surface area contributed by atoms with E-state index in [2.05, 4.69) is 10.6 Å². The molecule has 0 unspecified atom stereocenters. The Labute approximate surface area is 219 Å². The van der Waals surface area contributed by atoms with Crippen molar-refractivity contribution in [3.63, 3.8) is 0 Å². The molecule has 11 heteroatoms. The molecule has 3 amide bonds. The molecular weight excluding hydrogens is 500 g/mol. The van der Waals surface area contributed by atoms with E-state index >= 15 is 0 Å². The van der Waals surface area contributed by atoms with Crippen LogP contribution < -0.4 is 10.6 Å². The fourth-order valence-corrected chi connectivity index (χ4v) is 4.22. The average Bonchev–Trinajstić information content (AvgIpc) is 2.83. The molecule has 3 rings (SSSR count). The molecule has 196 valence electrons. The first kappa shape index (κ1) is 27.7. The van der Waals surface area contributed by atoms with Gasteiger partial charge in [-0.1, -0.05) is 37.1 Å². The van der Waals surface area contributed by atoms with Crippen molar-refractivity contribution in [2.75, 3.05) is 11.9 Å². The summed E-state index contributed by atoms with van der Waals surface area (Å²) in [6, 6.07) is 9.14. The van der Waals surface area contributed by atoms with Gasteiger partial charge >= 0.3 is 12.0 Å². The first-order valence-corrected chi connectivity index (χ1v) is 12.3. The summed E-state index contributed by atoms with van der Waals surface area (Å²) in [5.41, 5.74) is 1.60. The number of anilines is 1. The van der Waals surface area contributed by atoms with Gasteiger partial charge in [-0.05, 0) is 51.0 Å². The maximum absolute atomic E-state index is 13.1. The Hall–Kier alpha value is -3.92. The standard InChI is InChI=1S/C26H29ClN4O6/c1-5-6-12-30-16(4)22(25(33)37-15(2)3)23(29-26(30)34)17-8-7-9-18(13-17)28-24(32)20-11-10-19(31(35)36)14-21(20)27/h7-11,13-15,23H,5-6,12H2,1-4H3,(H,28,32)(H,29,34)/t23-/m0/s1. The van der Waals surface area contributed by atoms with Crippen LogP contribution >= 0.6 is 11.6 Å². The Bertz CT molecular complexity index is 1260. The number of ether oxygens (including phenoxy) is 1. The maximum atomic E-state index is 13.1. The number of hydrogen-bond donors (Lipinski definition) is 2. The van der Waals surface area contributed by atoms with Crippen molar-refractivity contribution in [2.24, 2.45) is 0 Å². The fourth-order valence-electron chi connectivity index (χ4n) is 3.95. The zero-order chi connectivity index (χ0) is 27.3. The maximum Gasteiger partial charge on any atom is 0.338 e. The zero-order valence-corrected chi connectivity index (χ0v) is 21.8. The molecule has 0 aliphatic carbocycles. The number of nitro benzene ring substituents is 1. The second-order valence-electron chi connectivity index (χ2n) is 8.84. The third-order valence-corrected chi connectivity index (χ3v) is 6.09. The van der Waals surface area contributed by atoms with E-state index in [1.165, 1.54) is 12.1 Å². The number of unbranched alkanes of at least 4 members (excludes halogenated alkanes) is 1. The molecule has 2 aromatic rings. The molecule has 1 aliphatic heterocycles. The predicted molar refractivity (Wildman–Crippen MR) is 139 cm³/mol. The first-order chi connectivity index (χ1) is 17.5. The highest BCUT2D eigenvalue weighted by Gasteiger charge is 2.36. The molecule has 1 atom stereocenters. The lowest BCUT2D eigenvalue weighted by Crippen LogP contribution is -2.48. The van der Waals surface area contributed by atoms with E-state index in [1.54, 1.807) is 49.9 Å². The smallest absolute Gasteiger partial charge is 0.338 e. The quantitative estimate of drug-likeness (QED) is 0.248. The Kier molecular flexibility index (Phi) is 8.88. The number of carbonyl (C=O) groups excluding carboxylic acids is 3. The van der Waals surface area contributed by atoms with Gasteiger partial charge in [0.15, 0.2) is 0 Å². The van der Waals surface area contributed by atoms with E-state index in [-0.39, 0.29) is 28.4 Å². The fraction of sp³-hybridized carbons (Fsp3) is 0.346. The number of hydrogen-bond acceptors (Lipinski definition) is 6. The number of benzene rings is 2. The third-order valence-electron chi connectivity index (χ3n) is 5.78. The second kappa shape index (κ2) is 11.9. The molecule has 0 saturated heterocycles. The monoisotopic (exact) mass is 528 g/mol. The Morgan fingerprint density at radius 2 is 1.97 bits per heavy atom. The molecular formula is C26H29ClN4O6. The van der Waals surface area contributed by atoms with Crippen LogP contribution in [0, 0.1) is 10.1 Å². The normalized spacial score (nSPS) is 15.5. The third kappa shape index (κ3) is 6.45. The van der Waals surface area contributed by atoms with Gasteiger partial charge in [-0.3, -0.25) is 19.8 Å². The SMILES string of the molecule is CCCCN1C(=O)N[C@@H](c2cccc(NC(=O)c3ccc([N+](=O)[O-])cc3Cl)c2)C(C(=O)OC(C)C)=C1C. The second-order valence-corrected chi connectivity index (χ2v) is 9.25. The Morgan fingerprint density at radius 3 is 2.59 bits per heavy atom. The molecule has 2 N–H and O–H groups in total. The molecule has 0 saturated carbocycles. The van der Waals surface area contributed by atoms with Gasteiger partial charge in [-0.2, -0.15) is 0 Å². The molecule has 0 bridgehead atoms. The molecule has 0 spiro atoms. The largest absolute Gasteiger partial charge is 0.459 e. The molecule has 37 heavy (non-hydrogen) atoms. The lowest BCUT2D eigenvalue weighted by molar-refractivity contribution is -0.384. The number of nitrogens with one attached hydrogen (secondary N) is 2. The number of amides is 3. The number of carbonyl (C=O) groups is 3. The van der Waals surface area contributed by atoms with Crippen LogP contribution in [0.15, 0.2) is 53.7 Å². The molecule has 2 aromatic carbocycles. The highest BCUT2D eigenvalue weighted by Crippen LogP contribution is 2.33. The van der Waals surface area contributed by atoms with Crippen molar-refractivity contribution in [3.05, 3.63) is 80.0 Å². The van der Waals surface area contributed by atoms with Crippen LogP contribution in [-0.4, -0.2) is 40.4 Å². The number of allylic oxidation sites excluding steroid dienone is 1. The highest BCUT2D eigenvalue weighted by molar-refractivity contribution is 6.34. The van der Waals surface area contributed by atoms with Crippen LogP contribution in [0.1, 0.15) is 62.5 Å². The van der Waals surface area contributed by atoms with E-state index in [4.69, 9.17) is 16.3 Å². The molecule has 0 fully saturated rings. The van der Waals surface area contributed by atoms with Gasteiger partial charge in [0.1, 0.15) is 0 Å². The Morgan fingerprint density at radius 1 is 1.24 bits per heavy atom. The lowest BCUT2D eigenvalue weighted by Gasteiger charge is -2.35. The van der Waals surface area contributed by atoms with Crippen molar-refractivity contribution >= 4 is 40.9 Å². The van der Waals surface area contributed by atoms with E-state index in [9.17, 15) is 24.5 Å². The van der Waals surface area contributed by atoms with Crippen LogP contribution in [0.4, 0.5) is 16.2 Å². The Balaban J connectivity index is 1.94. The topological polar surface area (TPSA) is 131 Å². The van der Waals surface area contributed by atoms with Gasteiger partial charge in [0.2, 0.25) is 0 Å². The minimum atomic E-state index is -0.795. The lowest BCUT2D eigenvalue weighted by atomic mass is 9.94. The van der Waals surface area contributed by atoms with E-state index in [0.717, 1.165) is 18.9 Å². The van der Waals surface area contributed by atoms with Crippen molar-refractivity contribution in [3.8, 4) is 0 Å². The summed E-state index contributed by atoms with van der Waals surface area (Å²) in [4.78, 5) is 50.7. The van der Waals surface area contributed by atoms with Gasteiger partial charge in [0, 0.05) is 30.1 Å². The van der Waals surface area contributed by atoms with Gasteiger partial charge in [-0.25, -0.2) is 9.59 Å². The van der Waals surface area contributed by atoms with Crippen molar-refractivity contribution in [1.82, 2.24) is 10.2 Å². The predicted octanol–water partition coefficient (Wildman–Crippen LogP) is 5.59. The molecule has 1 aliphatic rings. The van der Waals surface area contributed by atoms with Crippen molar-refractivity contribution in [1.29, 1.82) is 0 Å². The number of halogens is 1. The molecule has 0 radical (unpaired) electrons. The van der Waals surface area contributed by atoms with Crippen LogP contribution in [0.3, 0.4) is 0 Å². The number of rotatable bonds is 9. The van der Waals surface area contributed by atoms with Crippen LogP contribution in [0.2, 0.25) is 5.02 Å². The van der Waals surface area contributed by atoms with Gasteiger partial charge in [0.05, 0.1) is 33.2 Å². The average molecular weight is 529 g/mol. The number of nitrogens with zero attached hydrogens (tertiary/aromatic N) is 2. The summed E-state index contributed by atoms with van der Waals surface area (Å²) in [6.45, 7) is 7.70. The van der Waals surface area contributed by atoms with E-state index in [0.29, 0.717) is 29.1 Å². The summed E-state index contributed by atoms with van der Waals surface area (Å²) in [5, 5.41) is 16.5. The zero-order valence-electron chi connectivity index (χ0n) is 21.0. The van der Waals surface area contributed by atoms with Gasteiger partial charge in [-0.15, -0.1) is 0 Å². The summed E-state index contributed by atoms with van der Waals surface area (Å²) < 4.78 is 5.49. The minimum absolute atomic E-state index is 0.0622. The summed E-state index contributed by atoms with van der Waals surface area (Å²) >= 11 is 6.09. The highest BCUT2D eigenvalue weighted by atomic mass is 35.5. The first-order valence-electron chi connectivity index (χ1n) is 11.9. The van der Waals surface area contributed by atoms with Crippen LogP contribution in [-0.2, 0) is 9.53 Å². The minimum Gasteiger partial charge on any atom is -0.459 e. The van der Waals surface area contributed by atoms with Gasteiger partial charge in [0.25, 0.3) is 11.6 Å². The summed E-state index contributed by atoms with van der Waals surface area (Å²) in [6.07, 6.45) is 1.30.